The number of amides is 2. The molecule has 0 aromatic rings. The number of carbonyl (C=O) groups excluding carboxylic acids is 1. The molecule has 1 heterocycles. The largest absolute Gasteiger partial charge is 0.334 e. The van der Waals surface area contributed by atoms with Crippen LogP contribution in [0.2, 0.25) is 0 Å². The Hall–Kier alpha value is -0.770. The van der Waals surface area contributed by atoms with E-state index in [1.54, 1.807) is 0 Å². The summed E-state index contributed by atoms with van der Waals surface area (Å²) in [4.78, 5) is 14.8. The molecule has 4 heteroatoms. The summed E-state index contributed by atoms with van der Waals surface area (Å²) in [5.74, 6) is 0. The summed E-state index contributed by atoms with van der Waals surface area (Å²) in [6, 6.07) is 0.891. The van der Waals surface area contributed by atoms with Gasteiger partial charge in [-0.15, -0.1) is 0 Å². The van der Waals surface area contributed by atoms with Crippen molar-refractivity contribution in [2.24, 2.45) is 0 Å². The summed E-state index contributed by atoms with van der Waals surface area (Å²) in [6.45, 7) is 6.28. The Morgan fingerprint density at radius 2 is 1.55 bits per heavy atom. The van der Waals surface area contributed by atoms with Gasteiger partial charge in [-0.05, 0) is 39.5 Å². The predicted molar refractivity (Wildman–Crippen MR) is 82.4 cm³/mol. The molecule has 0 unspecified atom stereocenters. The third kappa shape index (κ3) is 3.66. The first-order valence-electron chi connectivity index (χ1n) is 8.42. The van der Waals surface area contributed by atoms with Crippen LogP contribution in [0.15, 0.2) is 0 Å². The molecule has 1 saturated heterocycles. The average Bonchev–Trinajstić information content (AvgIpc) is 2.48. The van der Waals surface area contributed by atoms with Gasteiger partial charge in [0.05, 0.1) is 6.04 Å². The smallest absolute Gasteiger partial charge is 0.324 e. The molecular formula is C16H31N3O. The van der Waals surface area contributed by atoms with Gasteiger partial charge in [0.25, 0.3) is 0 Å². The van der Waals surface area contributed by atoms with E-state index in [2.05, 4.69) is 23.9 Å². The fourth-order valence-corrected chi connectivity index (χ4v) is 3.31. The minimum absolute atomic E-state index is 0.203. The van der Waals surface area contributed by atoms with Crippen molar-refractivity contribution in [1.29, 1.82) is 0 Å². The number of nitrogens with zero attached hydrogens (tertiary/aromatic N) is 3. The highest BCUT2D eigenvalue weighted by molar-refractivity contribution is 5.74. The van der Waals surface area contributed by atoms with Crippen LogP contribution >= 0.6 is 0 Å². The second-order valence-electron chi connectivity index (χ2n) is 6.64. The Kier molecular flexibility index (Phi) is 5.70. The van der Waals surface area contributed by atoms with Crippen LogP contribution in [0.3, 0.4) is 0 Å². The van der Waals surface area contributed by atoms with Gasteiger partial charge in [0.2, 0.25) is 0 Å². The highest BCUT2D eigenvalue weighted by atomic mass is 16.2. The molecule has 0 aromatic carbocycles. The number of rotatable bonds is 3. The van der Waals surface area contributed by atoms with Crippen LogP contribution in [0.5, 0.6) is 0 Å². The molecule has 0 aromatic heterocycles. The Balaban J connectivity index is 2.11. The van der Waals surface area contributed by atoms with E-state index in [0.717, 1.165) is 13.1 Å². The highest BCUT2D eigenvalue weighted by Crippen LogP contribution is 2.26. The lowest BCUT2D eigenvalue weighted by molar-refractivity contribution is -0.0536. The van der Waals surface area contributed by atoms with Crippen LogP contribution in [0.4, 0.5) is 4.79 Å². The molecular weight excluding hydrogens is 250 g/mol. The van der Waals surface area contributed by atoms with Crippen LogP contribution in [0, 0.1) is 0 Å². The van der Waals surface area contributed by atoms with Crippen LogP contribution in [-0.4, -0.2) is 53.2 Å². The van der Waals surface area contributed by atoms with Gasteiger partial charge in [-0.2, -0.15) is 0 Å². The number of urea groups is 1. The normalized spacial score (nSPS) is 22.0. The molecule has 1 aliphatic heterocycles. The molecule has 0 spiro atoms. The first-order valence-corrected chi connectivity index (χ1v) is 8.42. The van der Waals surface area contributed by atoms with Gasteiger partial charge in [0, 0.05) is 26.2 Å². The van der Waals surface area contributed by atoms with Gasteiger partial charge in [0.15, 0.2) is 0 Å². The average molecular weight is 281 g/mol. The van der Waals surface area contributed by atoms with Gasteiger partial charge in [-0.25, -0.2) is 9.80 Å². The maximum Gasteiger partial charge on any atom is 0.334 e. The first kappa shape index (κ1) is 15.6. The third-order valence-corrected chi connectivity index (χ3v) is 4.83. The van der Waals surface area contributed by atoms with Gasteiger partial charge < -0.3 is 4.90 Å². The van der Waals surface area contributed by atoms with Crippen molar-refractivity contribution in [3.05, 3.63) is 0 Å². The van der Waals surface area contributed by atoms with E-state index < -0.39 is 0 Å². The van der Waals surface area contributed by atoms with E-state index in [1.807, 2.05) is 11.9 Å². The summed E-state index contributed by atoms with van der Waals surface area (Å²) in [5, 5.41) is 4.46. The number of carbonyl (C=O) groups is 1. The van der Waals surface area contributed by atoms with Crippen molar-refractivity contribution in [1.82, 2.24) is 14.9 Å². The van der Waals surface area contributed by atoms with E-state index >= 15 is 0 Å². The van der Waals surface area contributed by atoms with E-state index in [0.29, 0.717) is 6.04 Å². The topological polar surface area (TPSA) is 26.8 Å². The number of hydrazine groups is 1. The Morgan fingerprint density at radius 1 is 1.00 bits per heavy atom. The monoisotopic (exact) mass is 281 g/mol. The maximum absolute atomic E-state index is 12.9. The molecule has 2 aliphatic rings. The van der Waals surface area contributed by atoms with Gasteiger partial charge in [-0.3, -0.25) is 5.01 Å². The minimum atomic E-state index is 0.203. The van der Waals surface area contributed by atoms with E-state index in [4.69, 9.17) is 0 Å². The molecule has 20 heavy (non-hydrogen) atoms. The Labute approximate surface area is 124 Å². The second-order valence-corrected chi connectivity index (χ2v) is 6.64. The van der Waals surface area contributed by atoms with Crippen molar-refractivity contribution >= 4 is 6.03 Å². The quantitative estimate of drug-likeness (QED) is 0.792. The van der Waals surface area contributed by atoms with Gasteiger partial charge in [-0.1, -0.05) is 25.7 Å². The Bertz CT molecular complexity index is 289. The van der Waals surface area contributed by atoms with Crippen LogP contribution in [-0.2, 0) is 0 Å². The predicted octanol–water partition coefficient (Wildman–Crippen LogP) is 3.48. The number of hydrogen-bond donors (Lipinski definition) is 0. The van der Waals surface area contributed by atoms with Crippen molar-refractivity contribution in [3.63, 3.8) is 0 Å². The highest BCUT2D eigenvalue weighted by Gasteiger charge is 2.33. The van der Waals surface area contributed by atoms with Gasteiger partial charge >= 0.3 is 6.03 Å². The van der Waals surface area contributed by atoms with Crippen molar-refractivity contribution in [3.8, 4) is 0 Å². The number of hydrogen-bond acceptors (Lipinski definition) is 2. The fourth-order valence-electron chi connectivity index (χ4n) is 3.31. The second kappa shape index (κ2) is 7.30. The first-order chi connectivity index (χ1) is 9.61. The summed E-state index contributed by atoms with van der Waals surface area (Å²) < 4.78 is 0. The lowest BCUT2D eigenvalue weighted by atomic mass is 9.95. The maximum atomic E-state index is 12.9. The molecule has 1 saturated carbocycles. The molecule has 2 rings (SSSR count). The molecule has 116 valence electrons. The summed E-state index contributed by atoms with van der Waals surface area (Å²) in [7, 11) is 1.94. The molecule has 0 bridgehead atoms. The van der Waals surface area contributed by atoms with Crippen LogP contribution < -0.4 is 0 Å². The zero-order valence-corrected chi connectivity index (χ0v) is 13.5. The zero-order valence-electron chi connectivity index (χ0n) is 13.5. The molecule has 2 amide bonds. The molecule has 1 aliphatic carbocycles. The van der Waals surface area contributed by atoms with E-state index in [-0.39, 0.29) is 12.1 Å². The zero-order chi connectivity index (χ0) is 14.5. The molecule has 0 N–H and O–H groups in total. The summed E-state index contributed by atoms with van der Waals surface area (Å²) >= 11 is 0. The van der Waals surface area contributed by atoms with E-state index in [1.165, 1.54) is 51.4 Å². The molecule has 0 radical (unpaired) electrons. The number of piperidine rings is 1. The van der Waals surface area contributed by atoms with Crippen molar-refractivity contribution in [2.45, 2.75) is 77.3 Å². The Morgan fingerprint density at radius 3 is 2.10 bits per heavy atom. The molecule has 4 nitrogen and oxygen atoms in total. The minimum Gasteiger partial charge on any atom is -0.324 e. The van der Waals surface area contributed by atoms with Gasteiger partial charge in [0.1, 0.15) is 0 Å². The lowest BCUT2D eigenvalue weighted by Crippen LogP contribution is -2.58. The standard InChI is InChI=1S/C16H31N3O/c1-14(2)17(3)16(20)19(15-10-6-4-7-11-15)18-12-8-5-9-13-18/h14-15H,4-13H2,1-3H3. The van der Waals surface area contributed by atoms with Crippen LogP contribution in [0.1, 0.15) is 65.2 Å². The summed E-state index contributed by atoms with van der Waals surface area (Å²) in [6.07, 6.45) is 9.98. The van der Waals surface area contributed by atoms with E-state index in [9.17, 15) is 4.79 Å². The lowest BCUT2D eigenvalue weighted by Gasteiger charge is -2.45. The van der Waals surface area contributed by atoms with Crippen molar-refractivity contribution < 1.29 is 4.79 Å². The molecule has 0 atom stereocenters. The molecule has 2 fully saturated rings. The van der Waals surface area contributed by atoms with Crippen LogP contribution in [0.25, 0.3) is 0 Å². The van der Waals surface area contributed by atoms with Crippen molar-refractivity contribution in [2.75, 3.05) is 20.1 Å². The SMILES string of the molecule is CC(C)N(C)C(=O)N(C1CCCCC1)N1CCCCC1. The summed E-state index contributed by atoms with van der Waals surface area (Å²) in [5.41, 5.74) is 0. The fraction of sp³-hybridized carbons (Fsp3) is 0.938. The third-order valence-electron chi connectivity index (χ3n) is 4.83.